The fourth-order valence-electron chi connectivity index (χ4n) is 4.30. The molecular weight excluding hydrogens is 448 g/mol. The normalized spacial score (nSPS) is 20.0. The summed E-state index contributed by atoms with van der Waals surface area (Å²) >= 11 is 0. The van der Waals surface area contributed by atoms with Gasteiger partial charge in [0.05, 0.1) is 38.1 Å². The Morgan fingerprint density at radius 1 is 1.06 bits per heavy atom. The zero-order valence-corrected chi connectivity index (χ0v) is 21.9. The summed E-state index contributed by atoms with van der Waals surface area (Å²) in [5.41, 5.74) is 4.05. The van der Waals surface area contributed by atoms with Gasteiger partial charge in [0.1, 0.15) is 6.10 Å². The molecule has 1 saturated heterocycles. The van der Waals surface area contributed by atoms with E-state index in [0.29, 0.717) is 19.8 Å². The van der Waals surface area contributed by atoms with Gasteiger partial charge in [0.25, 0.3) is 0 Å². The smallest absolute Gasteiger partial charge is 0.102 e. The molecule has 0 spiro atoms. The van der Waals surface area contributed by atoms with Crippen molar-refractivity contribution in [1.29, 1.82) is 0 Å². The molecule has 0 bridgehead atoms. The van der Waals surface area contributed by atoms with E-state index in [0.717, 1.165) is 48.8 Å². The highest BCUT2D eigenvalue weighted by Gasteiger charge is 2.31. The summed E-state index contributed by atoms with van der Waals surface area (Å²) in [6.07, 6.45) is 10.1. The van der Waals surface area contributed by atoms with Crippen molar-refractivity contribution in [3.05, 3.63) is 108 Å². The van der Waals surface area contributed by atoms with E-state index in [1.807, 2.05) is 61.5 Å². The topological polar surface area (TPSA) is 47.9 Å². The van der Waals surface area contributed by atoms with E-state index in [2.05, 4.69) is 37.8 Å². The van der Waals surface area contributed by atoms with Crippen LogP contribution in [0.3, 0.4) is 0 Å². The second kappa shape index (κ2) is 15.6. The number of aliphatic hydroxyl groups excluding tert-OH is 1. The van der Waals surface area contributed by atoms with Gasteiger partial charge in [0, 0.05) is 0 Å². The van der Waals surface area contributed by atoms with Gasteiger partial charge in [-0.3, -0.25) is 0 Å². The molecule has 0 amide bonds. The number of aliphatic hydroxyl groups is 1. The van der Waals surface area contributed by atoms with Crippen molar-refractivity contribution < 1.29 is 19.3 Å². The summed E-state index contributed by atoms with van der Waals surface area (Å²) in [5, 5.41) is 10.6. The molecule has 36 heavy (non-hydrogen) atoms. The van der Waals surface area contributed by atoms with Gasteiger partial charge in [-0.15, -0.1) is 0 Å². The van der Waals surface area contributed by atoms with Gasteiger partial charge in [0.2, 0.25) is 0 Å². The number of rotatable bonds is 15. The average Bonchev–Trinajstić information content (AvgIpc) is 3.38. The van der Waals surface area contributed by atoms with Crippen LogP contribution in [0.25, 0.3) is 0 Å². The quantitative estimate of drug-likeness (QED) is 0.217. The highest BCUT2D eigenvalue weighted by atomic mass is 16.6. The van der Waals surface area contributed by atoms with Crippen LogP contribution in [0.5, 0.6) is 0 Å². The molecule has 1 heterocycles. The average molecular weight is 491 g/mol. The third kappa shape index (κ3) is 9.51. The van der Waals surface area contributed by atoms with E-state index in [1.54, 1.807) is 0 Å². The van der Waals surface area contributed by atoms with E-state index in [-0.39, 0.29) is 18.3 Å². The number of hydrogen-bond donors (Lipinski definition) is 1. The minimum absolute atomic E-state index is 0.0339. The molecule has 1 fully saturated rings. The number of ether oxygens (including phenoxy) is 3. The van der Waals surface area contributed by atoms with Gasteiger partial charge in [0.15, 0.2) is 0 Å². The Hall–Kier alpha value is -2.50. The van der Waals surface area contributed by atoms with Crippen LogP contribution in [0.2, 0.25) is 0 Å². The van der Waals surface area contributed by atoms with Crippen molar-refractivity contribution in [2.75, 3.05) is 6.61 Å². The minimum Gasteiger partial charge on any atom is -0.384 e. The van der Waals surface area contributed by atoms with Crippen LogP contribution < -0.4 is 0 Å². The number of hydrogen-bond acceptors (Lipinski definition) is 4. The molecule has 4 heteroatoms. The molecule has 1 unspecified atom stereocenters. The third-order valence-corrected chi connectivity index (χ3v) is 6.54. The molecule has 0 aromatic heterocycles. The summed E-state index contributed by atoms with van der Waals surface area (Å²) < 4.78 is 18.6. The lowest BCUT2D eigenvalue weighted by Crippen LogP contribution is -2.28. The van der Waals surface area contributed by atoms with Gasteiger partial charge in [-0.05, 0) is 54.9 Å². The van der Waals surface area contributed by atoms with Crippen LogP contribution in [0.4, 0.5) is 0 Å². The lowest BCUT2D eigenvalue weighted by molar-refractivity contribution is -0.0746. The van der Waals surface area contributed by atoms with Crippen molar-refractivity contribution >= 4 is 0 Å². The van der Waals surface area contributed by atoms with E-state index in [9.17, 15) is 5.11 Å². The van der Waals surface area contributed by atoms with Gasteiger partial charge in [-0.2, -0.15) is 0 Å². The standard InChI is InChI=1S/C32H42O4/c1-4-5-13-25(2)32(33)26(3)14-12-19-30(35-23-28-17-10-7-11-18-28)31-21-20-29(36-31)24-34-22-27-15-8-6-9-16-27/h6-12,14-19,29-33H,2,4-5,13,20-24H2,1,3H3/b19-12+,26-14+/t29-,30-,31-,32?/m1/s1. The largest absolute Gasteiger partial charge is 0.384 e. The zero-order valence-electron chi connectivity index (χ0n) is 21.9. The van der Waals surface area contributed by atoms with Crippen molar-refractivity contribution in [2.45, 2.75) is 83.6 Å². The Kier molecular flexibility index (Phi) is 12.1. The molecule has 2 aromatic rings. The Bertz CT molecular complexity index is 951. The van der Waals surface area contributed by atoms with Crippen molar-refractivity contribution in [3.8, 4) is 0 Å². The number of benzene rings is 2. The fraction of sp³-hybridized carbons (Fsp3) is 0.438. The van der Waals surface area contributed by atoms with Crippen LogP contribution in [0.1, 0.15) is 57.1 Å². The van der Waals surface area contributed by atoms with E-state index >= 15 is 0 Å². The Balaban J connectivity index is 1.57. The van der Waals surface area contributed by atoms with Gasteiger partial charge in [-0.1, -0.05) is 98.8 Å². The van der Waals surface area contributed by atoms with Crippen molar-refractivity contribution in [3.63, 3.8) is 0 Å². The van der Waals surface area contributed by atoms with Crippen molar-refractivity contribution in [1.82, 2.24) is 0 Å². The molecule has 1 aliphatic rings. The molecule has 0 radical (unpaired) electrons. The summed E-state index contributed by atoms with van der Waals surface area (Å²) in [6, 6.07) is 20.4. The molecule has 3 rings (SSSR count). The van der Waals surface area contributed by atoms with Gasteiger partial charge in [-0.25, -0.2) is 0 Å². The van der Waals surface area contributed by atoms with Crippen LogP contribution in [-0.2, 0) is 27.4 Å². The molecule has 194 valence electrons. The first-order valence-electron chi connectivity index (χ1n) is 13.2. The first-order chi connectivity index (χ1) is 17.6. The maximum absolute atomic E-state index is 10.6. The molecule has 4 atom stereocenters. The SMILES string of the molecule is C=C(CCCC)C(O)/C(C)=C/C=C/[C@@H](OCc1ccccc1)[C@H]1CC[C@H](COCc2ccccc2)O1. The first-order valence-corrected chi connectivity index (χ1v) is 13.2. The van der Waals surface area contributed by atoms with Crippen LogP contribution in [-0.4, -0.2) is 36.1 Å². The van der Waals surface area contributed by atoms with E-state index in [4.69, 9.17) is 14.2 Å². The molecular formula is C32H42O4. The van der Waals surface area contributed by atoms with Gasteiger partial charge < -0.3 is 19.3 Å². The van der Waals surface area contributed by atoms with Crippen LogP contribution >= 0.6 is 0 Å². The maximum Gasteiger partial charge on any atom is 0.102 e. The highest BCUT2D eigenvalue weighted by Crippen LogP contribution is 2.26. The van der Waals surface area contributed by atoms with Gasteiger partial charge >= 0.3 is 0 Å². The lowest BCUT2D eigenvalue weighted by atomic mass is 9.99. The van der Waals surface area contributed by atoms with Crippen LogP contribution in [0.15, 0.2) is 96.6 Å². The third-order valence-electron chi connectivity index (χ3n) is 6.54. The number of unbranched alkanes of at least 4 members (excludes halogenated alkanes) is 1. The Morgan fingerprint density at radius 2 is 1.72 bits per heavy atom. The zero-order chi connectivity index (χ0) is 25.6. The minimum atomic E-state index is -0.612. The molecule has 0 saturated carbocycles. The predicted molar refractivity (Wildman–Crippen MR) is 147 cm³/mol. The molecule has 1 aliphatic heterocycles. The van der Waals surface area contributed by atoms with E-state index < -0.39 is 6.10 Å². The molecule has 4 nitrogen and oxygen atoms in total. The molecule has 1 N–H and O–H groups in total. The van der Waals surface area contributed by atoms with E-state index in [1.165, 1.54) is 5.56 Å². The molecule has 0 aliphatic carbocycles. The monoisotopic (exact) mass is 490 g/mol. The fourth-order valence-corrected chi connectivity index (χ4v) is 4.30. The summed E-state index contributed by atoms with van der Waals surface area (Å²) in [6.45, 7) is 9.84. The Morgan fingerprint density at radius 3 is 2.39 bits per heavy atom. The first kappa shape index (κ1) is 28.1. The summed E-state index contributed by atoms with van der Waals surface area (Å²) in [5.74, 6) is 0. The highest BCUT2D eigenvalue weighted by molar-refractivity contribution is 5.24. The van der Waals surface area contributed by atoms with Crippen LogP contribution in [0, 0.1) is 0 Å². The predicted octanol–water partition coefficient (Wildman–Crippen LogP) is 6.95. The second-order valence-electron chi connectivity index (χ2n) is 9.60. The Labute approximate surface area is 217 Å². The maximum atomic E-state index is 10.6. The van der Waals surface area contributed by atoms with Crippen molar-refractivity contribution in [2.24, 2.45) is 0 Å². The summed E-state index contributed by atoms with van der Waals surface area (Å²) in [4.78, 5) is 0. The lowest BCUT2D eigenvalue weighted by Gasteiger charge is -2.22. The second-order valence-corrected chi connectivity index (χ2v) is 9.60. The molecule has 2 aromatic carbocycles. The summed E-state index contributed by atoms with van der Waals surface area (Å²) in [7, 11) is 0. The number of allylic oxidation sites excluding steroid dienone is 2.